The number of hydrogen-bond donors (Lipinski definition) is 0. The lowest BCUT2D eigenvalue weighted by Crippen LogP contribution is -2.62. The summed E-state index contributed by atoms with van der Waals surface area (Å²) in [6.07, 6.45) is 6.39. The summed E-state index contributed by atoms with van der Waals surface area (Å²) in [5, 5.41) is 0. The zero-order valence-corrected chi connectivity index (χ0v) is 15.5. The molecule has 2 unspecified atom stereocenters. The van der Waals surface area contributed by atoms with Gasteiger partial charge in [-0.15, -0.1) is 0 Å². The standard InChI is InChI=1S/C21H24N2O4/c1-27-16-9-6-14(7-10-16)8-11-19(24)22-12-15(13-22)23-20(25)17-4-2-3-5-18(17)21(23)26/h2-3,6-7,9-10,15,17-18H,4-5,8,11-13H2,1H3. The molecule has 2 fully saturated rings. The zero-order chi connectivity index (χ0) is 19.0. The number of aryl methyl sites for hydroxylation is 1. The fourth-order valence-corrected chi connectivity index (χ4v) is 4.21. The van der Waals surface area contributed by atoms with Crippen molar-refractivity contribution < 1.29 is 19.1 Å². The molecule has 3 aliphatic rings. The molecule has 4 rings (SSSR count). The highest BCUT2D eigenvalue weighted by Crippen LogP contribution is 2.37. The summed E-state index contributed by atoms with van der Waals surface area (Å²) in [6, 6.07) is 7.54. The third-order valence-electron chi connectivity index (χ3n) is 5.91. The van der Waals surface area contributed by atoms with Gasteiger partial charge in [-0.05, 0) is 37.0 Å². The second-order valence-corrected chi connectivity index (χ2v) is 7.50. The van der Waals surface area contributed by atoms with Crippen LogP contribution in [0.2, 0.25) is 0 Å². The second-order valence-electron chi connectivity index (χ2n) is 7.50. The van der Waals surface area contributed by atoms with Gasteiger partial charge in [0.15, 0.2) is 0 Å². The zero-order valence-electron chi connectivity index (χ0n) is 15.5. The molecule has 6 nitrogen and oxygen atoms in total. The predicted octanol–water partition coefficient (Wildman–Crippen LogP) is 1.79. The minimum atomic E-state index is -0.192. The first-order valence-electron chi connectivity index (χ1n) is 9.51. The van der Waals surface area contributed by atoms with Crippen LogP contribution in [0.15, 0.2) is 36.4 Å². The van der Waals surface area contributed by atoms with Crippen molar-refractivity contribution in [2.45, 2.75) is 31.7 Å². The van der Waals surface area contributed by atoms with Crippen molar-refractivity contribution in [2.24, 2.45) is 11.8 Å². The van der Waals surface area contributed by atoms with Crippen molar-refractivity contribution >= 4 is 17.7 Å². The Hall–Kier alpha value is -2.63. The highest BCUT2D eigenvalue weighted by molar-refractivity contribution is 6.06. The van der Waals surface area contributed by atoms with Crippen LogP contribution in [-0.2, 0) is 20.8 Å². The van der Waals surface area contributed by atoms with Crippen molar-refractivity contribution in [1.82, 2.24) is 9.80 Å². The molecule has 1 aromatic rings. The Labute approximate surface area is 158 Å². The highest BCUT2D eigenvalue weighted by atomic mass is 16.5. The summed E-state index contributed by atoms with van der Waals surface area (Å²) in [5.41, 5.74) is 1.09. The molecule has 6 heteroatoms. The Balaban J connectivity index is 1.28. The van der Waals surface area contributed by atoms with Crippen molar-refractivity contribution in [2.75, 3.05) is 20.2 Å². The molecule has 2 aliphatic heterocycles. The van der Waals surface area contributed by atoms with Gasteiger partial charge in [0.2, 0.25) is 17.7 Å². The van der Waals surface area contributed by atoms with Gasteiger partial charge in [0, 0.05) is 19.5 Å². The molecule has 142 valence electrons. The predicted molar refractivity (Wildman–Crippen MR) is 98.9 cm³/mol. The van der Waals surface area contributed by atoms with Gasteiger partial charge in [0.25, 0.3) is 0 Å². The number of carbonyl (C=O) groups excluding carboxylic acids is 3. The number of rotatable bonds is 5. The molecular weight excluding hydrogens is 344 g/mol. The number of benzene rings is 1. The van der Waals surface area contributed by atoms with E-state index in [1.54, 1.807) is 12.0 Å². The molecule has 0 bridgehead atoms. The number of hydrogen-bond acceptors (Lipinski definition) is 4. The Morgan fingerprint density at radius 3 is 2.19 bits per heavy atom. The molecule has 0 saturated carbocycles. The van der Waals surface area contributed by atoms with Crippen molar-refractivity contribution in [3.63, 3.8) is 0 Å². The van der Waals surface area contributed by atoms with E-state index in [9.17, 15) is 14.4 Å². The van der Waals surface area contributed by atoms with Gasteiger partial charge in [-0.1, -0.05) is 24.3 Å². The summed E-state index contributed by atoms with van der Waals surface area (Å²) in [7, 11) is 1.63. The maximum absolute atomic E-state index is 12.6. The molecule has 2 saturated heterocycles. The number of nitrogens with zero attached hydrogens (tertiary/aromatic N) is 2. The van der Waals surface area contributed by atoms with Crippen molar-refractivity contribution in [3.05, 3.63) is 42.0 Å². The molecular formula is C21H24N2O4. The van der Waals surface area contributed by atoms with E-state index in [4.69, 9.17) is 4.74 Å². The quantitative estimate of drug-likeness (QED) is 0.587. The van der Waals surface area contributed by atoms with Crippen LogP contribution in [-0.4, -0.2) is 53.8 Å². The monoisotopic (exact) mass is 368 g/mol. The Morgan fingerprint density at radius 1 is 1.04 bits per heavy atom. The SMILES string of the molecule is COc1ccc(CCC(=O)N2CC(N3C(=O)C4CC=CCC4C3=O)C2)cc1. The van der Waals surface area contributed by atoms with Gasteiger partial charge in [-0.3, -0.25) is 19.3 Å². The summed E-state index contributed by atoms with van der Waals surface area (Å²) in [5.74, 6) is 0.380. The summed E-state index contributed by atoms with van der Waals surface area (Å²) in [4.78, 5) is 40.7. The third kappa shape index (κ3) is 3.24. The summed E-state index contributed by atoms with van der Waals surface area (Å²) < 4.78 is 5.13. The maximum Gasteiger partial charge on any atom is 0.233 e. The first kappa shape index (κ1) is 17.8. The first-order chi connectivity index (χ1) is 13.1. The number of likely N-dealkylation sites (tertiary alicyclic amines) is 2. The van der Waals surface area contributed by atoms with Crippen LogP contribution in [0, 0.1) is 11.8 Å². The van der Waals surface area contributed by atoms with Gasteiger partial charge >= 0.3 is 0 Å². The number of ether oxygens (including phenoxy) is 1. The molecule has 3 amide bonds. The number of fused-ring (bicyclic) bond motifs is 1. The summed E-state index contributed by atoms with van der Waals surface area (Å²) in [6.45, 7) is 0.928. The molecule has 27 heavy (non-hydrogen) atoms. The molecule has 2 atom stereocenters. The maximum atomic E-state index is 12.6. The number of carbonyl (C=O) groups is 3. The Bertz CT molecular complexity index is 754. The van der Waals surface area contributed by atoms with E-state index in [1.165, 1.54) is 4.90 Å². The molecule has 0 N–H and O–H groups in total. The normalized spacial score (nSPS) is 24.8. The van der Waals surface area contributed by atoms with Gasteiger partial charge < -0.3 is 9.64 Å². The van der Waals surface area contributed by atoms with E-state index in [0.29, 0.717) is 38.8 Å². The molecule has 2 heterocycles. The number of allylic oxidation sites excluding steroid dienone is 2. The number of methoxy groups -OCH3 is 1. The molecule has 0 spiro atoms. The van der Waals surface area contributed by atoms with Gasteiger partial charge in [-0.2, -0.15) is 0 Å². The smallest absolute Gasteiger partial charge is 0.233 e. The second kappa shape index (κ2) is 7.18. The minimum absolute atomic E-state index is 0.0512. The Kier molecular flexibility index (Phi) is 4.72. The highest BCUT2D eigenvalue weighted by Gasteiger charge is 2.52. The van der Waals surface area contributed by atoms with E-state index in [1.807, 2.05) is 36.4 Å². The number of amides is 3. The summed E-state index contributed by atoms with van der Waals surface area (Å²) >= 11 is 0. The van der Waals surface area contributed by atoms with Gasteiger partial charge in [-0.25, -0.2) is 0 Å². The lowest BCUT2D eigenvalue weighted by atomic mass is 9.85. The largest absolute Gasteiger partial charge is 0.497 e. The van der Waals surface area contributed by atoms with Crippen LogP contribution in [0.4, 0.5) is 0 Å². The lowest BCUT2D eigenvalue weighted by Gasteiger charge is -2.43. The van der Waals surface area contributed by atoms with E-state index < -0.39 is 0 Å². The van der Waals surface area contributed by atoms with Crippen LogP contribution in [0.25, 0.3) is 0 Å². The first-order valence-corrected chi connectivity index (χ1v) is 9.51. The van der Waals surface area contributed by atoms with Crippen molar-refractivity contribution in [1.29, 1.82) is 0 Å². The lowest BCUT2D eigenvalue weighted by molar-refractivity contribution is -0.152. The van der Waals surface area contributed by atoms with Gasteiger partial charge in [0.05, 0.1) is 25.0 Å². The average molecular weight is 368 g/mol. The minimum Gasteiger partial charge on any atom is -0.497 e. The molecule has 1 aromatic carbocycles. The van der Waals surface area contributed by atoms with Crippen molar-refractivity contribution in [3.8, 4) is 5.75 Å². The molecule has 1 aliphatic carbocycles. The Morgan fingerprint density at radius 2 is 1.63 bits per heavy atom. The molecule has 0 aromatic heterocycles. The van der Waals surface area contributed by atoms with Gasteiger partial charge in [0.1, 0.15) is 5.75 Å². The van der Waals surface area contributed by atoms with Crippen LogP contribution >= 0.6 is 0 Å². The molecule has 0 radical (unpaired) electrons. The topological polar surface area (TPSA) is 66.9 Å². The fraction of sp³-hybridized carbons (Fsp3) is 0.476. The number of imide groups is 1. The van der Waals surface area contributed by atoms with Crippen LogP contribution in [0.5, 0.6) is 5.75 Å². The fourth-order valence-electron chi connectivity index (χ4n) is 4.21. The van der Waals surface area contributed by atoms with E-state index >= 15 is 0 Å². The van der Waals surface area contributed by atoms with Crippen LogP contribution in [0.1, 0.15) is 24.8 Å². The van der Waals surface area contributed by atoms with E-state index in [-0.39, 0.29) is 35.6 Å². The van der Waals surface area contributed by atoms with E-state index in [0.717, 1.165) is 11.3 Å². The average Bonchev–Trinajstić information content (AvgIpc) is 2.91. The third-order valence-corrected chi connectivity index (χ3v) is 5.91. The van der Waals surface area contributed by atoms with E-state index in [2.05, 4.69) is 0 Å². The van der Waals surface area contributed by atoms with Crippen LogP contribution in [0.3, 0.4) is 0 Å². The van der Waals surface area contributed by atoms with Crippen LogP contribution < -0.4 is 4.74 Å².